The molecule has 4 heteroatoms. The first-order valence-electron chi connectivity index (χ1n) is 5.95. The predicted molar refractivity (Wildman–Crippen MR) is 67.4 cm³/mol. The highest BCUT2D eigenvalue weighted by atomic mass is 16.5. The summed E-state index contributed by atoms with van der Waals surface area (Å²) >= 11 is 0. The van der Waals surface area contributed by atoms with E-state index in [9.17, 15) is 4.79 Å². The van der Waals surface area contributed by atoms with Crippen LogP contribution in [-0.4, -0.2) is 32.1 Å². The number of amides is 1. The molecule has 1 heterocycles. The minimum Gasteiger partial charge on any atom is -0.482 e. The first kappa shape index (κ1) is 11.9. The molecular weight excluding hydrogens is 216 g/mol. The van der Waals surface area contributed by atoms with Gasteiger partial charge in [-0.05, 0) is 25.6 Å². The van der Waals surface area contributed by atoms with E-state index in [0.717, 1.165) is 17.9 Å². The van der Waals surface area contributed by atoms with Gasteiger partial charge in [-0.3, -0.25) is 4.79 Å². The van der Waals surface area contributed by atoms with Crippen LogP contribution in [0.15, 0.2) is 24.3 Å². The third-order valence-corrected chi connectivity index (χ3v) is 3.11. The van der Waals surface area contributed by atoms with E-state index in [2.05, 4.69) is 12.2 Å². The van der Waals surface area contributed by atoms with E-state index in [-0.39, 0.29) is 12.5 Å². The smallest absolute Gasteiger partial charge is 0.265 e. The van der Waals surface area contributed by atoms with Crippen molar-refractivity contribution in [2.75, 3.05) is 25.1 Å². The van der Waals surface area contributed by atoms with Crippen LogP contribution in [0.25, 0.3) is 0 Å². The van der Waals surface area contributed by atoms with Gasteiger partial charge in [-0.25, -0.2) is 0 Å². The van der Waals surface area contributed by atoms with Gasteiger partial charge in [0.2, 0.25) is 0 Å². The SMILES string of the molecule is CCC(CN1C(=O)COc2ccccc21)NC. The lowest BCUT2D eigenvalue weighted by atomic mass is 10.1. The Kier molecular flexibility index (Phi) is 3.64. The summed E-state index contributed by atoms with van der Waals surface area (Å²) in [7, 11) is 1.92. The Morgan fingerprint density at radius 2 is 2.24 bits per heavy atom. The lowest BCUT2D eigenvalue weighted by Gasteiger charge is -2.31. The Balaban J connectivity index is 2.23. The van der Waals surface area contributed by atoms with Crippen LogP contribution in [0.1, 0.15) is 13.3 Å². The first-order chi connectivity index (χ1) is 8.26. The normalized spacial score (nSPS) is 16.4. The Morgan fingerprint density at radius 1 is 1.47 bits per heavy atom. The van der Waals surface area contributed by atoms with Crippen LogP contribution in [0.2, 0.25) is 0 Å². The fraction of sp³-hybridized carbons (Fsp3) is 0.462. The Morgan fingerprint density at radius 3 is 2.94 bits per heavy atom. The van der Waals surface area contributed by atoms with Crippen LogP contribution in [0, 0.1) is 0 Å². The summed E-state index contributed by atoms with van der Waals surface area (Å²) in [5.74, 6) is 0.815. The van der Waals surface area contributed by atoms with Gasteiger partial charge in [-0.1, -0.05) is 19.1 Å². The fourth-order valence-corrected chi connectivity index (χ4v) is 2.00. The van der Waals surface area contributed by atoms with E-state index >= 15 is 0 Å². The molecule has 4 nitrogen and oxygen atoms in total. The molecule has 92 valence electrons. The van der Waals surface area contributed by atoms with Crippen LogP contribution in [0.3, 0.4) is 0 Å². The number of anilines is 1. The van der Waals surface area contributed by atoms with Crippen molar-refractivity contribution in [3.05, 3.63) is 24.3 Å². The summed E-state index contributed by atoms with van der Waals surface area (Å²) in [4.78, 5) is 13.7. The van der Waals surface area contributed by atoms with Crippen molar-refractivity contribution in [3.8, 4) is 5.75 Å². The number of fused-ring (bicyclic) bond motifs is 1. The molecule has 0 saturated carbocycles. The zero-order valence-corrected chi connectivity index (χ0v) is 10.3. The second kappa shape index (κ2) is 5.19. The molecule has 1 amide bonds. The van der Waals surface area contributed by atoms with Crippen LogP contribution in [0.4, 0.5) is 5.69 Å². The van der Waals surface area contributed by atoms with Gasteiger partial charge in [0.15, 0.2) is 6.61 Å². The monoisotopic (exact) mass is 234 g/mol. The number of ether oxygens (including phenoxy) is 1. The fourth-order valence-electron chi connectivity index (χ4n) is 2.00. The van der Waals surface area contributed by atoms with Crippen molar-refractivity contribution in [2.24, 2.45) is 0 Å². The van der Waals surface area contributed by atoms with Gasteiger partial charge in [-0.15, -0.1) is 0 Å². The van der Waals surface area contributed by atoms with E-state index < -0.39 is 0 Å². The molecule has 1 atom stereocenters. The number of likely N-dealkylation sites (N-methyl/N-ethyl adjacent to an activating group) is 1. The highest BCUT2D eigenvalue weighted by molar-refractivity contribution is 5.97. The molecule has 2 rings (SSSR count). The third kappa shape index (κ3) is 2.42. The number of para-hydroxylation sites is 2. The average Bonchev–Trinajstić information content (AvgIpc) is 2.38. The van der Waals surface area contributed by atoms with Crippen molar-refractivity contribution in [1.82, 2.24) is 5.32 Å². The summed E-state index contributed by atoms with van der Waals surface area (Å²) < 4.78 is 5.40. The molecule has 0 bridgehead atoms. The first-order valence-corrected chi connectivity index (χ1v) is 5.95. The number of nitrogens with zero attached hydrogens (tertiary/aromatic N) is 1. The number of hydrogen-bond donors (Lipinski definition) is 1. The number of nitrogens with one attached hydrogen (secondary N) is 1. The Labute approximate surface area is 102 Å². The standard InChI is InChI=1S/C13H18N2O2/c1-3-10(14-2)8-15-11-6-4-5-7-12(11)17-9-13(15)16/h4-7,10,14H,3,8-9H2,1-2H3. The maximum atomic E-state index is 11.9. The van der Waals surface area contributed by atoms with Crippen molar-refractivity contribution in [3.63, 3.8) is 0 Å². The quantitative estimate of drug-likeness (QED) is 0.856. The summed E-state index contributed by atoms with van der Waals surface area (Å²) in [6.45, 7) is 2.93. The topological polar surface area (TPSA) is 41.6 Å². The second-order valence-electron chi connectivity index (χ2n) is 4.15. The number of rotatable bonds is 4. The lowest BCUT2D eigenvalue weighted by molar-refractivity contribution is -0.121. The lowest BCUT2D eigenvalue weighted by Crippen LogP contribution is -2.46. The van der Waals surface area contributed by atoms with Crippen molar-refractivity contribution < 1.29 is 9.53 Å². The Hall–Kier alpha value is -1.55. The molecule has 0 spiro atoms. The number of carbonyl (C=O) groups excluding carboxylic acids is 1. The molecule has 0 aliphatic carbocycles. The van der Waals surface area contributed by atoms with Gasteiger partial charge >= 0.3 is 0 Å². The number of carbonyl (C=O) groups is 1. The van der Waals surface area contributed by atoms with Crippen LogP contribution in [0.5, 0.6) is 5.75 Å². The number of benzene rings is 1. The molecule has 1 aliphatic rings. The number of hydrogen-bond acceptors (Lipinski definition) is 3. The molecule has 0 radical (unpaired) electrons. The predicted octanol–water partition coefficient (Wildman–Crippen LogP) is 1.41. The molecule has 17 heavy (non-hydrogen) atoms. The molecule has 1 aromatic carbocycles. The minimum absolute atomic E-state index is 0.0254. The van der Waals surface area contributed by atoms with Gasteiger partial charge in [0, 0.05) is 12.6 Å². The van der Waals surface area contributed by atoms with Crippen molar-refractivity contribution >= 4 is 11.6 Å². The summed E-state index contributed by atoms with van der Waals surface area (Å²) in [6.07, 6.45) is 0.989. The molecule has 1 unspecified atom stereocenters. The summed E-state index contributed by atoms with van der Waals surface area (Å²) in [6, 6.07) is 7.98. The molecule has 1 aliphatic heterocycles. The van der Waals surface area contributed by atoms with E-state index in [1.54, 1.807) is 0 Å². The largest absolute Gasteiger partial charge is 0.482 e. The average molecular weight is 234 g/mol. The van der Waals surface area contributed by atoms with Crippen LogP contribution >= 0.6 is 0 Å². The van der Waals surface area contributed by atoms with Crippen molar-refractivity contribution in [1.29, 1.82) is 0 Å². The molecule has 0 aromatic heterocycles. The second-order valence-corrected chi connectivity index (χ2v) is 4.15. The maximum Gasteiger partial charge on any atom is 0.265 e. The van der Waals surface area contributed by atoms with Gasteiger partial charge < -0.3 is 15.0 Å². The van der Waals surface area contributed by atoms with E-state index in [0.29, 0.717) is 12.6 Å². The molecule has 1 N–H and O–H groups in total. The van der Waals surface area contributed by atoms with E-state index in [1.165, 1.54) is 0 Å². The highest BCUT2D eigenvalue weighted by Crippen LogP contribution is 2.31. The molecule has 0 fully saturated rings. The van der Waals surface area contributed by atoms with E-state index in [4.69, 9.17) is 4.74 Å². The van der Waals surface area contributed by atoms with Gasteiger partial charge in [0.1, 0.15) is 5.75 Å². The van der Waals surface area contributed by atoms with Crippen molar-refractivity contribution in [2.45, 2.75) is 19.4 Å². The van der Waals surface area contributed by atoms with Gasteiger partial charge in [0.25, 0.3) is 5.91 Å². The molecule has 1 aromatic rings. The minimum atomic E-state index is 0.0254. The zero-order chi connectivity index (χ0) is 12.3. The molecule has 0 saturated heterocycles. The maximum absolute atomic E-state index is 11.9. The van der Waals surface area contributed by atoms with E-state index in [1.807, 2.05) is 36.2 Å². The third-order valence-electron chi connectivity index (χ3n) is 3.11. The zero-order valence-electron chi connectivity index (χ0n) is 10.3. The van der Waals surface area contributed by atoms with Crippen LogP contribution in [-0.2, 0) is 4.79 Å². The Bertz CT molecular complexity index is 402. The summed E-state index contributed by atoms with van der Waals surface area (Å²) in [5.41, 5.74) is 0.873. The van der Waals surface area contributed by atoms with Gasteiger partial charge in [-0.2, -0.15) is 0 Å². The molecular formula is C13H18N2O2. The summed E-state index contributed by atoms with van der Waals surface area (Å²) in [5, 5.41) is 3.22. The van der Waals surface area contributed by atoms with Gasteiger partial charge in [0.05, 0.1) is 5.69 Å². The highest BCUT2D eigenvalue weighted by Gasteiger charge is 2.26. The van der Waals surface area contributed by atoms with Crippen LogP contribution < -0.4 is 15.0 Å².